The van der Waals surface area contributed by atoms with Crippen molar-refractivity contribution in [3.05, 3.63) is 54.0 Å². The van der Waals surface area contributed by atoms with Gasteiger partial charge in [0.2, 0.25) is 0 Å². The summed E-state index contributed by atoms with van der Waals surface area (Å²) in [5.74, 6) is 1.18. The fraction of sp³-hybridized carbons (Fsp3) is 0.143. The molecule has 0 aliphatic heterocycles. The van der Waals surface area contributed by atoms with Gasteiger partial charge in [0.1, 0.15) is 11.5 Å². The maximum absolute atomic E-state index is 6.99. The number of furan rings is 1. The molecule has 2 aromatic rings. The summed E-state index contributed by atoms with van der Waals surface area (Å²) in [6.45, 7) is 4.00. The first kappa shape index (κ1) is 12.9. The van der Waals surface area contributed by atoms with Crippen LogP contribution in [0.2, 0.25) is 0 Å². The highest BCUT2D eigenvalue weighted by Crippen LogP contribution is 2.10. The smallest absolute Gasteiger partial charge is 0.145 e. The Morgan fingerprint density at radius 3 is 2.24 bits per heavy atom. The van der Waals surface area contributed by atoms with E-state index >= 15 is 0 Å². The van der Waals surface area contributed by atoms with Gasteiger partial charge in [-0.3, -0.25) is 4.99 Å². The Kier molecular flexibility index (Phi) is 5.44. The third-order valence-electron chi connectivity index (χ3n) is 1.89. The van der Waals surface area contributed by atoms with Crippen LogP contribution in [-0.2, 0) is 0 Å². The Morgan fingerprint density at radius 1 is 1.00 bits per heavy atom. The second kappa shape index (κ2) is 7.17. The SMILES string of the molecule is CC.N=Cc1ccc(C=Nc2ccccc2)o1. The molecule has 0 saturated carbocycles. The Labute approximate surface area is 101 Å². The molecule has 88 valence electrons. The fourth-order valence-corrected chi connectivity index (χ4v) is 1.17. The zero-order valence-electron chi connectivity index (χ0n) is 10.1. The molecule has 0 bridgehead atoms. The molecule has 0 saturated heterocycles. The summed E-state index contributed by atoms with van der Waals surface area (Å²) in [5.41, 5.74) is 0.880. The highest BCUT2D eigenvalue weighted by Gasteiger charge is 1.95. The van der Waals surface area contributed by atoms with Crippen molar-refractivity contribution in [2.45, 2.75) is 13.8 Å². The first-order chi connectivity index (χ1) is 8.38. The molecule has 3 heteroatoms. The van der Waals surface area contributed by atoms with E-state index in [1.165, 1.54) is 6.21 Å². The van der Waals surface area contributed by atoms with Gasteiger partial charge in [-0.25, -0.2) is 0 Å². The molecule has 0 unspecified atom stereocenters. The summed E-state index contributed by atoms with van der Waals surface area (Å²) >= 11 is 0. The van der Waals surface area contributed by atoms with Gasteiger partial charge in [-0.15, -0.1) is 0 Å². The molecule has 3 nitrogen and oxygen atoms in total. The van der Waals surface area contributed by atoms with Crippen molar-refractivity contribution in [3.8, 4) is 0 Å². The van der Waals surface area contributed by atoms with Crippen molar-refractivity contribution in [1.29, 1.82) is 5.41 Å². The van der Waals surface area contributed by atoms with Crippen molar-refractivity contribution < 1.29 is 4.42 Å². The van der Waals surface area contributed by atoms with E-state index in [1.54, 1.807) is 18.3 Å². The highest BCUT2D eigenvalue weighted by atomic mass is 16.3. The lowest BCUT2D eigenvalue weighted by Crippen LogP contribution is -1.74. The molecule has 0 aliphatic rings. The third kappa shape index (κ3) is 4.07. The van der Waals surface area contributed by atoms with Crippen LogP contribution >= 0.6 is 0 Å². The van der Waals surface area contributed by atoms with Crippen LogP contribution in [0.3, 0.4) is 0 Å². The van der Waals surface area contributed by atoms with E-state index in [4.69, 9.17) is 9.83 Å². The third-order valence-corrected chi connectivity index (χ3v) is 1.89. The lowest BCUT2D eigenvalue weighted by Gasteiger charge is -1.89. The number of nitrogens with one attached hydrogen (secondary N) is 1. The normalized spacial score (nSPS) is 9.76. The van der Waals surface area contributed by atoms with Crippen LogP contribution in [0.5, 0.6) is 0 Å². The van der Waals surface area contributed by atoms with Crippen LogP contribution in [-0.4, -0.2) is 12.4 Å². The molecule has 0 amide bonds. The lowest BCUT2D eigenvalue weighted by molar-refractivity contribution is 0.553. The Morgan fingerprint density at radius 2 is 1.65 bits per heavy atom. The standard InChI is InChI=1S/C12H10N2O.C2H6/c13-8-11-6-7-12(15-11)9-14-10-4-2-1-3-5-10;1-2/h1-9,13H;1-2H3. The van der Waals surface area contributed by atoms with Gasteiger partial charge in [0.25, 0.3) is 0 Å². The molecule has 1 heterocycles. The van der Waals surface area contributed by atoms with Gasteiger partial charge < -0.3 is 9.83 Å². The molecule has 17 heavy (non-hydrogen) atoms. The van der Waals surface area contributed by atoms with E-state index in [0.29, 0.717) is 11.5 Å². The number of rotatable bonds is 3. The molecule has 1 aromatic carbocycles. The van der Waals surface area contributed by atoms with Gasteiger partial charge >= 0.3 is 0 Å². The Bertz CT molecular complexity index is 472. The number of para-hydroxylation sites is 1. The number of aliphatic imine (C=N–C) groups is 1. The van der Waals surface area contributed by atoms with E-state index in [1.807, 2.05) is 44.2 Å². The summed E-state index contributed by atoms with van der Waals surface area (Å²) < 4.78 is 5.26. The van der Waals surface area contributed by atoms with E-state index in [2.05, 4.69) is 4.99 Å². The van der Waals surface area contributed by atoms with Gasteiger partial charge in [-0.05, 0) is 24.3 Å². The average molecular weight is 228 g/mol. The second-order valence-electron chi connectivity index (χ2n) is 2.98. The Balaban J connectivity index is 0.000000686. The highest BCUT2D eigenvalue weighted by molar-refractivity contribution is 5.81. The van der Waals surface area contributed by atoms with Crippen molar-refractivity contribution in [2.24, 2.45) is 4.99 Å². The zero-order chi connectivity index (χ0) is 12.5. The predicted octanol–water partition coefficient (Wildman–Crippen LogP) is 4.05. The molecular formula is C14H16N2O. The van der Waals surface area contributed by atoms with Crippen LogP contribution in [0.15, 0.2) is 51.9 Å². The van der Waals surface area contributed by atoms with Crippen molar-refractivity contribution >= 4 is 18.1 Å². The summed E-state index contributed by atoms with van der Waals surface area (Å²) in [5, 5.41) is 6.99. The van der Waals surface area contributed by atoms with E-state index in [9.17, 15) is 0 Å². The maximum Gasteiger partial charge on any atom is 0.145 e. The lowest BCUT2D eigenvalue weighted by atomic mass is 10.3. The molecule has 2 rings (SSSR count). The first-order valence-corrected chi connectivity index (χ1v) is 5.58. The zero-order valence-corrected chi connectivity index (χ0v) is 10.1. The summed E-state index contributed by atoms with van der Waals surface area (Å²) in [6, 6.07) is 13.1. The van der Waals surface area contributed by atoms with E-state index in [0.717, 1.165) is 5.69 Å². The Hall–Kier alpha value is -2.16. The quantitative estimate of drug-likeness (QED) is 0.791. The topological polar surface area (TPSA) is 49.4 Å². The van der Waals surface area contributed by atoms with Crippen LogP contribution in [0.4, 0.5) is 5.69 Å². The molecule has 0 radical (unpaired) electrons. The fourth-order valence-electron chi connectivity index (χ4n) is 1.17. The maximum atomic E-state index is 6.99. The minimum absolute atomic E-state index is 0.532. The molecule has 1 aromatic heterocycles. The van der Waals surface area contributed by atoms with Crippen molar-refractivity contribution in [1.82, 2.24) is 0 Å². The number of hydrogen-bond donors (Lipinski definition) is 1. The van der Waals surface area contributed by atoms with Gasteiger partial charge in [0.15, 0.2) is 0 Å². The molecular weight excluding hydrogens is 212 g/mol. The largest absolute Gasteiger partial charge is 0.454 e. The number of nitrogens with zero attached hydrogens (tertiary/aromatic N) is 1. The van der Waals surface area contributed by atoms with Crippen LogP contribution < -0.4 is 0 Å². The predicted molar refractivity (Wildman–Crippen MR) is 71.6 cm³/mol. The molecule has 0 spiro atoms. The summed E-state index contributed by atoms with van der Waals surface area (Å²) in [6.07, 6.45) is 2.81. The van der Waals surface area contributed by atoms with E-state index in [-0.39, 0.29) is 0 Å². The number of hydrogen-bond acceptors (Lipinski definition) is 3. The van der Waals surface area contributed by atoms with Gasteiger partial charge in [0, 0.05) is 0 Å². The monoisotopic (exact) mass is 228 g/mol. The van der Waals surface area contributed by atoms with Crippen LogP contribution in [0.25, 0.3) is 0 Å². The van der Waals surface area contributed by atoms with Gasteiger partial charge in [-0.1, -0.05) is 32.0 Å². The minimum Gasteiger partial charge on any atom is -0.454 e. The average Bonchev–Trinajstić information content (AvgIpc) is 2.88. The first-order valence-electron chi connectivity index (χ1n) is 5.58. The second-order valence-corrected chi connectivity index (χ2v) is 2.98. The van der Waals surface area contributed by atoms with Crippen molar-refractivity contribution in [2.75, 3.05) is 0 Å². The van der Waals surface area contributed by atoms with Gasteiger partial charge in [0.05, 0.1) is 18.1 Å². The molecule has 1 N–H and O–H groups in total. The van der Waals surface area contributed by atoms with Gasteiger partial charge in [-0.2, -0.15) is 0 Å². The van der Waals surface area contributed by atoms with Crippen LogP contribution in [0.1, 0.15) is 25.4 Å². The van der Waals surface area contributed by atoms with Crippen LogP contribution in [0, 0.1) is 5.41 Å². The number of benzene rings is 1. The van der Waals surface area contributed by atoms with E-state index < -0.39 is 0 Å². The summed E-state index contributed by atoms with van der Waals surface area (Å²) in [4.78, 5) is 4.23. The molecule has 0 fully saturated rings. The summed E-state index contributed by atoms with van der Waals surface area (Å²) in [7, 11) is 0. The minimum atomic E-state index is 0.532. The molecule has 0 atom stereocenters. The molecule has 0 aliphatic carbocycles. The van der Waals surface area contributed by atoms with Crippen molar-refractivity contribution in [3.63, 3.8) is 0 Å².